The molecule has 2 N–H and O–H groups in total. The van der Waals surface area contributed by atoms with Gasteiger partial charge in [-0.25, -0.2) is 4.98 Å². The van der Waals surface area contributed by atoms with Gasteiger partial charge in [0, 0.05) is 36.2 Å². The molecule has 2 aliphatic carbocycles. The zero-order valence-electron chi connectivity index (χ0n) is 21.8. The number of likely N-dealkylation sites (tertiary alicyclic amines) is 1. The van der Waals surface area contributed by atoms with Gasteiger partial charge in [0.15, 0.2) is 17.3 Å². The van der Waals surface area contributed by atoms with E-state index in [1.54, 1.807) is 13.2 Å². The van der Waals surface area contributed by atoms with Crippen LogP contribution in [0, 0.1) is 11.3 Å². The Morgan fingerprint density at radius 2 is 2.11 bits per heavy atom. The van der Waals surface area contributed by atoms with Crippen LogP contribution in [0.1, 0.15) is 66.4 Å². The highest BCUT2D eigenvalue weighted by Crippen LogP contribution is 2.55. The van der Waals surface area contributed by atoms with Crippen molar-refractivity contribution in [3.63, 3.8) is 0 Å². The minimum atomic E-state index is -0.400. The van der Waals surface area contributed by atoms with E-state index < -0.39 is 5.41 Å². The lowest BCUT2D eigenvalue weighted by Gasteiger charge is -2.39. The number of thiophene rings is 1. The van der Waals surface area contributed by atoms with Gasteiger partial charge in [0.2, 0.25) is 5.88 Å². The summed E-state index contributed by atoms with van der Waals surface area (Å²) in [7, 11) is 3.82. The smallest absolute Gasteiger partial charge is 0.218 e. The molecular weight excluding hydrogens is 524 g/mol. The van der Waals surface area contributed by atoms with Crippen molar-refractivity contribution in [1.82, 2.24) is 20.0 Å². The molecule has 1 fully saturated rings. The minimum Gasteiger partial charge on any atom is -0.473 e. The van der Waals surface area contributed by atoms with Crippen LogP contribution in [0.15, 0.2) is 10.6 Å². The average molecular weight is 555 g/mol. The lowest BCUT2D eigenvalue weighted by Crippen LogP contribution is -2.38. The molecule has 0 aromatic carbocycles. The molecule has 4 atom stereocenters. The summed E-state index contributed by atoms with van der Waals surface area (Å²) < 4.78 is 17.9. The van der Waals surface area contributed by atoms with E-state index in [1.807, 2.05) is 6.92 Å². The SMILES string of the molecule is CO[C@@H]1C[C@@H]([C@H](C)Oc2cc(Cl)nc(-c3noc4c3CCC[C@@]43CCCc4sc(N)c(C#N)c43)n2)N(C)C1. The Balaban J connectivity index is 1.35. The number of aromatic nitrogens is 3. The van der Waals surface area contributed by atoms with Gasteiger partial charge in [-0.3, -0.25) is 4.90 Å². The Bertz CT molecular complexity index is 1410. The Kier molecular flexibility index (Phi) is 6.59. The molecule has 0 unspecified atom stereocenters. The van der Waals surface area contributed by atoms with Crippen molar-refractivity contribution in [1.29, 1.82) is 5.26 Å². The van der Waals surface area contributed by atoms with Crippen molar-refractivity contribution in [3.8, 4) is 23.5 Å². The highest BCUT2D eigenvalue weighted by Gasteiger charge is 2.48. The number of aryl methyl sites for hydroxylation is 1. The van der Waals surface area contributed by atoms with Gasteiger partial charge in [-0.1, -0.05) is 16.8 Å². The fourth-order valence-corrected chi connectivity index (χ4v) is 8.08. The second kappa shape index (κ2) is 9.79. The Morgan fingerprint density at radius 1 is 1.32 bits per heavy atom. The molecule has 1 saturated heterocycles. The Labute approximate surface area is 230 Å². The van der Waals surface area contributed by atoms with Gasteiger partial charge < -0.3 is 19.7 Å². The molecule has 1 spiro atoms. The summed E-state index contributed by atoms with van der Waals surface area (Å²) in [4.78, 5) is 12.6. The molecule has 11 heteroatoms. The summed E-state index contributed by atoms with van der Waals surface area (Å²) in [6.07, 6.45) is 6.42. The maximum absolute atomic E-state index is 9.94. The summed E-state index contributed by atoms with van der Waals surface area (Å²) >= 11 is 7.98. The highest BCUT2D eigenvalue weighted by atomic mass is 35.5. The van der Waals surface area contributed by atoms with Crippen molar-refractivity contribution in [2.24, 2.45) is 0 Å². The monoisotopic (exact) mass is 554 g/mol. The number of likely N-dealkylation sites (N-methyl/N-ethyl adjacent to an activating group) is 1. The van der Waals surface area contributed by atoms with Gasteiger partial charge in [0.05, 0.1) is 17.1 Å². The number of fused-ring (bicyclic) bond motifs is 4. The third-order valence-corrected chi connectivity index (χ3v) is 9.76. The van der Waals surface area contributed by atoms with Crippen LogP contribution < -0.4 is 10.5 Å². The summed E-state index contributed by atoms with van der Waals surface area (Å²) in [6.45, 7) is 2.90. The van der Waals surface area contributed by atoms with Gasteiger partial charge in [-0.2, -0.15) is 10.2 Å². The number of halogens is 1. The van der Waals surface area contributed by atoms with Crippen LogP contribution in [0.25, 0.3) is 11.5 Å². The Morgan fingerprint density at radius 3 is 2.84 bits per heavy atom. The number of nitriles is 1. The van der Waals surface area contributed by atoms with Gasteiger partial charge >= 0.3 is 0 Å². The number of anilines is 1. The molecular formula is C27H31ClN6O3S. The lowest BCUT2D eigenvalue weighted by molar-refractivity contribution is 0.108. The zero-order chi connectivity index (χ0) is 26.6. The van der Waals surface area contributed by atoms with Crippen LogP contribution in [-0.4, -0.2) is 59.0 Å². The third kappa shape index (κ3) is 4.08. The fraction of sp³-hybridized carbons (Fsp3) is 0.556. The van der Waals surface area contributed by atoms with Crippen LogP contribution in [-0.2, 0) is 23.0 Å². The van der Waals surface area contributed by atoms with Crippen molar-refractivity contribution >= 4 is 27.9 Å². The zero-order valence-corrected chi connectivity index (χ0v) is 23.4. The number of ether oxygens (including phenoxy) is 2. The fourth-order valence-electron chi connectivity index (χ4n) is 6.75. The van der Waals surface area contributed by atoms with E-state index in [1.165, 1.54) is 16.2 Å². The molecule has 0 bridgehead atoms. The van der Waals surface area contributed by atoms with E-state index in [0.717, 1.165) is 68.4 Å². The van der Waals surface area contributed by atoms with E-state index >= 15 is 0 Å². The second-order valence-corrected chi connectivity index (χ2v) is 12.2. The van der Waals surface area contributed by atoms with Crippen LogP contribution in [0.3, 0.4) is 0 Å². The molecule has 38 heavy (non-hydrogen) atoms. The van der Waals surface area contributed by atoms with E-state index in [4.69, 9.17) is 36.3 Å². The van der Waals surface area contributed by atoms with Crippen LogP contribution >= 0.6 is 22.9 Å². The normalized spacial score (nSPS) is 25.7. The van der Waals surface area contributed by atoms with Gasteiger partial charge in [0.25, 0.3) is 0 Å². The van der Waals surface area contributed by atoms with Crippen molar-refractivity contribution in [2.75, 3.05) is 26.4 Å². The lowest BCUT2D eigenvalue weighted by atomic mass is 9.63. The molecule has 200 valence electrons. The first-order chi connectivity index (χ1) is 18.3. The highest BCUT2D eigenvalue weighted by molar-refractivity contribution is 7.16. The number of rotatable bonds is 5. The largest absolute Gasteiger partial charge is 0.473 e. The van der Waals surface area contributed by atoms with E-state index in [0.29, 0.717) is 28.0 Å². The molecule has 3 aliphatic rings. The topological polar surface area (TPSA) is 123 Å². The molecule has 0 saturated carbocycles. The molecule has 1 aliphatic heterocycles. The van der Waals surface area contributed by atoms with Gasteiger partial charge in [-0.05, 0) is 64.5 Å². The van der Waals surface area contributed by atoms with Crippen molar-refractivity contribution in [3.05, 3.63) is 38.5 Å². The first kappa shape index (κ1) is 25.6. The second-order valence-electron chi connectivity index (χ2n) is 10.7. The number of nitrogen functional groups attached to an aromatic ring is 1. The molecule has 6 rings (SSSR count). The maximum atomic E-state index is 9.94. The average Bonchev–Trinajstić information content (AvgIpc) is 3.59. The molecule has 3 aromatic heterocycles. The molecule has 0 radical (unpaired) electrons. The standard InChI is InChI=1S/C27H31ClN6O3S/c1-14(18-10-15(35-3)13-34(18)2)36-21-11-20(28)31-26(32-21)23-16-6-4-8-27(24(16)37-33-23)9-5-7-19-22(27)17(12-29)25(30)38-19/h11,14-15,18H,4-10,13,30H2,1-3H3/t14-,15+,18-,27-/m0/s1. The number of hydrogen-bond acceptors (Lipinski definition) is 10. The predicted octanol–water partition coefficient (Wildman–Crippen LogP) is 4.75. The Hall–Kier alpha value is -2.71. The van der Waals surface area contributed by atoms with Crippen molar-refractivity contribution in [2.45, 2.75) is 75.5 Å². The van der Waals surface area contributed by atoms with Gasteiger partial charge in [0.1, 0.15) is 22.3 Å². The molecule has 0 amide bonds. The summed E-state index contributed by atoms with van der Waals surface area (Å²) in [5, 5.41) is 15.3. The predicted molar refractivity (Wildman–Crippen MR) is 145 cm³/mol. The summed E-state index contributed by atoms with van der Waals surface area (Å²) in [6, 6.07) is 4.20. The maximum Gasteiger partial charge on any atom is 0.218 e. The quantitative estimate of drug-likeness (QED) is 0.445. The molecule has 3 aromatic rings. The van der Waals surface area contributed by atoms with Crippen LogP contribution in [0.5, 0.6) is 5.88 Å². The minimum absolute atomic E-state index is 0.123. The van der Waals surface area contributed by atoms with Crippen LogP contribution in [0.2, 0.25) is 5.15 Å². The third-order valence-electron chi connectivity index (χ3n) is 8.49. The van der Waals surface area contributed by atoms with E-state index in [-0.39, 0.29) is 23.4 Å². The van der Waals surface area contributed by atoms with Crippen molar-refractivity contribution < 1.29 is 14.0 Å². The first-order valence-electron chi connectivity index (χ1n) is 13.1. The molecule has 4 heterocycles. The van der Waals surface area contributed by atoms with E-state index in [9.17, 15) is 5.26 Å². The molecule has 9 nitrogen and oxygen atoms in total. The number of methoxy groups -OCH3 is 1. The van der Waals surface area contributed by atoms with Crippen LogP contribution in [0.4, 0.5) is 5.00 Å². The number of nitrogens with zero attached hydrogens (tertiary/aromatic N) is 5. The summed E-state index contributed by atoms with van der Waals surface area (Å²) in [5.41, 5.74) is 9.07. The first-order valence-corrected chi connectivity index (χ1v) is 14.3. The van der Waals surface area contributed by atoms with E-state index in [2.05, 4.69) is 28.2 Å². The number of hydrogen-bond donors (Lipinski definition) is 1. The summed E-state index contributed by atoms with van der Waals surface area (Å²) in [5.74, 6) is 1.60. The van der Waals surface area contributed by atoms with Gasteiger partial charge in [-0.15, -0.1) is 11.3 Å². The number of nitrogens with two attached hydrogens (primary N) is 1.